The average molecular weight is 525 g/mol. The van der Waals surface area contributed by atoms with E-state index in [1.165, 1.54) is 17.2 Å². The summed E-state index contributed by atoms with van der Waals surface area (Å²) in [4.78, 5) is 50.8. The number of carbonyl (C=O) groups is 2. The van der Waals surface area contributed by atoms with Crippen molar-refractivity contribution in [2.75, 3.05) is 19.4 Å². The van der Waals surface area contributed by atoms with Gasteiger partial charge in [0, 0.05) is 26.2 Å². The molecule has 3 aromatic heterocycles. The number of hydrogen-bond donors (Lipinski definition) is 2. The van der Waals surface area contributed by atoms with E-state index in [-0.39, 0.29) is 47.5 Å². The number of rotatable bonds is 11. The predicted octanol–water partition coefficient (Wildman–Crippen LogP) is 4.38. The first kappa shape index (κ1) is 28.7. The summed E-state index contributed by atoms with van der Waals surface area (Å²) in [6, 6.07) is 3.43. The summed E-state index contributed by atoms with van der Waals surface area (Å²) in [5.74, 6) is -0.122. The number of nitrogens with one attached hydrogen (secondary N) is 2. The molecule has 0 aliphatic rings. The highest BCUT2D eigenvalue weighted by molar-refractivity contribution is 5.90. The molecule has 0 aromatic carbocycles. The molecule has 0 saturated heterocycles. The number of aromatic amines is 1. The van der Waals surface area contributed by atoms with Gasteiger partial charge in [-0.25, -0.2) is 9.37 Å². The van der Waals surface area contributed by atoms with Crippen molar-refractivity contribution in [3.8, 4) is 0 Å². The van der Waals surface area contributed by atoms with Crippen LogP contribution in [0.5, 0.6) is 0 Å². The number of unbranched alkanes of at least 4 members (excludes halogenated alkanes) is 1. The van der Waals surface area contributed by atoms with Gasteiger partial charge in [-0.1, -0.05) is 33.8 Å². The van der Waals surface area contributed by atoms with E-state index in [0.29, 0.717) is 36.5 Å². The number of imidazole rings is 1. The Morgan fingerprint density at radius 3 is 2.61 bits per heavy atom. The fourth-order valence-electron chi connectivity index (χ4n) is 4.11. The van der Waals surface area contributed by atoms with E-state index < -0.39 is 5.82 Å². The molecule has 0 spiro atoms. The number of fused-ring (bicyclic) bond motifs is 1. The first-order valence-corrected chi connectivity index (χ1v) is 12.9. The van der Waals surface area contributed by atoms with E-state index in [2.05, 4.69) is 34.1 Å². The molecule has 2 N–H and O–H groups in total. The first-order chi connectivity index (χ1) is 18.0. The van der Waals surface area contributed by atoms with Crippen molar-refractivity contribution < 1.29 is 14.0 Å². The topological polar surface area (TPSA) is 113 Å². The van der Waals surface area contributed by atoms with Gasteiger partial charge in [-0.05, 0) is 49.3 Å². The van der Waals surface area contributed by atoms with Gasteiger partial charge in [0.05, 0.1) is 24.0 Å². The summed E-state index contributed by atoms with van der Waals surface area (Å²) in [6.07, 6.45) is 6.38. The second-order valence-corrected chi connectivity index (χ2v) is 10.4. The first-order valence-electron chi connectivity index (χ1n) is 12.9. The summed E-state index contributed by atoms with van der Waals surface area (Å²) in [6.45, 7) is 8.16. The summed E-state index contributed by atoms with van der Waals surface area (Å²) in [5.41, 5.74) is 2.05. The molecule has 3 heterocycles. The number of halogens is 1. The largest absolute Gasteiger partial charge is 0.345 e. The molecule has 10 heteroatoms. The Bertz CT molecular complexity index is 1390. The molecule has 3 rings (SSSR count). The van der Waals surface area contributed by atoms with Gasteiger partial charge in [0.15, 0.2) is 5.82 Å². The van der Waals surface area contributed by atoms with Crippen LogP contribution in [0.25, 0.3) is 11.0 Å². The van der Waals surface area contributed by atoms with Crippen molar-refractivity contribution in [2.45, 2.75) is 65.8 Å². The van der Waals surface area contributed by atoms with Crippen LogP contribution in [-0.4, -0.2) is 50.3 Å². The van der Waals surface area contributed by atoms with Crippen molar-refractivity contribution in [1.82, 2.24) is 24.4 Å². The molecule has 2 amide bonds. The number of aromatic nitrogens is 4. The van der Waals surface area contributed by atoms with Crippen molar-refractivity contribution in [2.24, 2.45) is 5.92 Å². The standard InChI is InChI=1S/C28H37FN6O3/c1-17(2)14-21-27-26(19(29)15-30-21)32-23(33-27)16-35-22(18(3)4)13-12-20(28(35)38)31-24(36)10-8-7-9-11-25(37)34(5)6/h9,11-13,15,17-18H,7-8,10,14,16H2,1-6H3,(H,31,36)(H,32,33)/b11-9+. The monoisotopic (exact) mass is 524 g/mol. The molecule has 0 radical (unpaired) electrons. The SMILES string of the molecule is CC(C)Cc1ncc(F)c2nc(Cn3c(C(C)C)ccc(NC(=O)CCC/C=C/C(=O)N(C)C)c3=O)[nH]c12. The number of carbonyl (C=O) groups excluding carboxylic acids is 2. The molecule has 3 aromatic rings. The molecule has 0 aliphatic heterocycles. The van der Waals surface area contributed by atoms with Crippen LogP contribution in [0.1, 0.15) is 70.1 Å². The van der Waals surface area contributed by atoms with Gasteiger partial charge in [-0.15, -0.1) is 0 Å². The number of anilines is 1. The zero-order chi connectivity index (χ0) is 28.0. The van der Waals surface area contributed by atoms with Crippen LogP contribution in [0.4, 0.5) is 10.1 Å². The molecule has 0 saturated carbocycles. The van der Waals surface area contributed by atoms with E-state index >= 15 is 0 Å². The lowest BCUT2D eigenvalue weighted by Crippen LogP contribution is -2.29. The Morgan fingerprint density at radius 1 is 1.21 bits per heavy atom. The summed E-state index contributed by atoms with van der Waals surface area (Å²) in [7, 11) is 3.34. The van der Waals surface area contributed by atoms with E-state index in [0.717, 1.165) is 11.4 Å². The van der Waals surface area contributed by atoms with Crippen molar-refractivity contribution in [3.63, 3.8) is 0 Å². The number of H-pyrrole nitrogens is 1. The maximum Gasteiger partial charge on any atom is 0.274 e. The number of nitrogens with zero attached hydrogens (tertiary/aromatic N) is 4. The maximum atomic E-state index is 14.5. The van der Waals surface area contributed by atoms with Gasteiger partial charge < -0.3 is 19.8 Å². The molecule has 0 fully saturated rings. The van der Waals surface area contributed by atoms with E-state index in [9.17, 15) is 18.8 Å². The lowest BCUT2D eigenvalue weighted by molar-refractivity contribution is -0.123. The quantitative estimate of drug-likeness (QED) is 0.285. The highest BCUT2D eigenvalue weighted by Crippen LogP contribution is 2.22. The number of allylic oxidation sites excluding steroid dienone is 1. The molecule has 0 bridgehead atoms. The molecule has 9 nitrogen and oxygen atoms in total. The van der Waals surface area contributed by atoms with Gasteiger partial charge in [0.25, 0.3) is 5.56 Å². The van der Waals surface area contributed by atoms with Crippen molar-refractivity contribution >= 4 is 28.5 Å². The second kappa shape index (κ2) is 12.6. The van der Waals surface area contributed by atoms with Crippen LogP contribution in [0, 0.1) is 11.7 Å². The van der Waals surface area contributed by atoms with Crippen LogP contribution >= 0.6 is 0 Å². The zero-order valence-corrected chi connectivity index (χ0v) is 23.0. The average Bonchev–Trinajstić information content (AvgIpc) is 3.27. The van der Waals surface area contributed by atoms with Gasteiger partial charge in [0.1, 0.15) is 17.0 Å². The minimum absolute atomic E-state index is 0.0309. The lowest BCUT2D eigenvalue weighted by atomic mass is 10.1. The normalized spacial score (nSPS) is 11.7. The van der Waals surface area contributed by atoms with E-state index in [1.54, 1.807) is 30.8 Å². The number of hydrogen-bond acceptors (Lipinski definition) is 5. The van der Waals surface area contributed by atoms with E-state index in [1.807, 2.05) is 19.9 Å². The molecular formula is C28H37FN6O3. The molecule has 0 unspecified atom stereocenters. The van der Waals surface area contributed by atoms with Crippen LogP contribution in [-0.2, 0) is 22.6 Å². The molecule has 38 heavy (non-hydrogen) atoms. The van der Waals surface area contributed by atoms with Crippen LogP contribution in [0.2, 0.25) is 0 Å². The van der Waals surface area contributed by atoms with Gasteiger partial charge in [-0.2, -0.15) is 0 Å². The fraction of sp³-hybridized carbons (Fsp3) is 0.464. The molecule has 0 atom stereocenters. The van der Waals surface area contributed by atoms with Crippen LogP contribution in [0.15, 0.2) is 35.3 Å². The fourth-order valence-corrected chi connectivity index (χ4v) is 4.11. The number of pyridine rings is 2. The molecule has 204 valence electrons. The number of amides is 2. The zero-order valence-electron chi connectivity index (χ0n) is 23.0. The lowest BCUT2D eigenvalue weighted by Gasteiger charge is -2.16. The third-order valence-electron chi connectivity index (χ3n) is 6.06. The van der Waals surface area contributed by atoms with E-state index in [4.69, 9.17) is 0 Å². The Hall–Kier alpha value is -3.82. The highest BCUT2D eigenvalue weighted by atomic mass is 19.1. The van der Waals surface area contributed by atoms with Gasteiger partial charge >= 0.3 is 0 Å². The Balaban J connectivity index is 1.80. The second-order valence-electron chi connectivity index (χ2n) is 10.4. The van der Waals surface area contributed by atoms with Gasteiger partial charge in [-0.3, -0.25) is 19.4 Å². The molecular weight excluding hydrogens is 487 g/mol. The Kier molecular flexibility index (Phi) is 9.55. The van der Waals surface area contributed by atoms with Crippen molar-refractivity contribution in [3.05, 3.63) is 63.9 Å². The Labute approximate surface area is 222 Å². The van der Waals surface area contributed by atoms with Crippen molar-refractivity contribution in [1.29, 1.82) is 0 Å². The Morgan fingerprint density at radius 2 is 1.95 bits per heavy atom. The van der Waals surface area contributed by atoms with Crippen LogP contribution in [0.3, 0.4) is 0 Å². The molecule has 0 aliphatic carbocycles. The minimum atomic E-state index is -0.520. The summed E-state index contributed by atoms with van der Waals surface area (Å²) in [5, 5.41) is 2.71. The highest BCUT2D eigenvalue weighted by Gasteiger charge is 2.18. The maximum absolute atomic E-state index is 14.5. The predicted molar refractivity (Wildman–Crippen MR) is 147 cm³/mol. The van der Waals surface area contributed by atoms with Gasteiger partial charge in [0.2, 0.25) is 11.8 Å². The third kappa shape index (κ3) is 7.14. The number of likely N-dealkylation sites (N-methyl/N-ethyl adjacent to an activating group) is 1. The summed E-state index contributed by atoms with van der Waals surface area (Å²) >= 11 is 0. The minimum Gasteiger partial charge on any atom is -0.345 e. The smallest absolute Gasteiger partial charge is 0.274 e. The van der Waals surface area contributed by atoms with Crippen LogP contribution < -0.4 is 10.9 Å². The summed E-state index contributed by atoms with van der Waals surface area (Å²) < 4.78 is 16.0. The third-order valence-corrected chi connectivity index (χ3v) is 6.06.